The van der Waals surface area contributed by atoms with Crippen LogP contribution in [0, 0.1) is 18.3 Å². The van der Waals surface area contributed by atoms with Crippen molar-refractivity contribution >= 4 is 0 Å². The lowest BCUT2D eigenvalue weighted by atomic mass is 10.1. The Morgan fingerprint density at radius 3 is 2.07 bits per heavy atom. The van der Waals surface area contributed by atoms with Crippen molar-refractivity contribution in [2.75, 3.05) is 0 Å². The van der Waals surface area contributed by atoms with Crippen molar-refractivity contribution in [1.82, 2.24) is 15.0 Å². The number of nitriles is 1. The molecule has 4 rings (SSSR count). The molecule has 2 aromatic heterocycles. The fourth-order valence-corrected chi connectivity index (χ4v) is 2.88. The minimum Gasteiger partial charge on any atom is -0.256 e. The molecule has 0 aliphatic heterocycles. The van der Waals surface area contributed by atoms with E-state index in [1.54, 1.807) is 18.3 Å². The molecule has 27 heavy (non-hydrogen) atoms. The molecule has 128 valence electrons. The Morgan fingerprint density at radius 1 is 0.741 bits per heavy atom. The summed E-state index contributed by atoms with van der Waals surface area (Å²) in [7, 11) is 0. The van der Waals surface area contributed by atoms with Crippen LogP contribution < -0.4 is 0 Å². The van der Waals surface area contributed by atoms with Crippen molar-refractivity contribution in [3.63, 3.8) is 0 Å². The van der Waals surface area contributed by atoms with E-state index in [9.17, 15) is 0 Å². The molecule has 0 spiro atoms. The molecule has 2 aromatic carbocycles. The molecule has 0 unspecified atom stereocenters. The quantitative estimate of drug-likeness (QED) is 0.519. The lowest BCUT2D eigenvalue weighted by molar-refractivity contribution is 1.11. The summed E-state index contributed by atoms with van der Waals surface area (Å²) < 4.78 is 0. The second kappa shape index (κ2) is 7.19. The van der Waals surface area contributed by atoms with E-state index in [1.807, 2.05) is 67.6 Å². The van der Waals surface area contributed by atoms with Crippen LogP contribution in [0.2, 0.25) is 0 Å². The molecule has 0 saturated heterocycles. The van der Waals surface area contributed by atoms with Gasteiger partial charge in [-0.25, -0.2) is 9.97 Å². The summed E-state index contributed by atoms with van der Waals surface area (Å²) >= 11 is 0. The van der Waals surface area contributed by atoms with Gasteiger partial charge in [0.25, 0.3) is 0 Å². The van der Waals surface area contributed by atoms with Gasteiger partial charge in [0.05, 0.1) is 23.0 Å². The van der Waals surface area contributed by atoms with Crippen molar-refractivity contribution < 1.29 is 0 Å². The van der Waals surface area contributed by atoms with Gasteiger partial charge in [0.1, 0.15) is 0 Å². The molecular weight excluding hydrogens is 332 g/mol. The third-order valence-corrected chi connectivity index (χ3v) is 4.27. The zero-order valence-electron chi connectivity index (χ0n) is 14.8. The van der Waals surface area contributed by atoms with Crippen LogP contribution in [0.5, 0.6) is 0 Å². The summed E-state index contributed by atoms with van der Waals surface area (Å²) in [4.78, 5) is 13.7. The number of hydrogen-bond acceptors (Lipinski definition) is 4. The topological polar surface area (TPSA) is 62.5 Å². The van der Waals surface area contributed by atoms with Crippen LogP contribution >= 0.6 is 0 Å². The van der Waals surface area contributed by atoms with E-state index in [2.05, 4.69) is 16.0 Å². The molecule has 0 bridgehead atoms. The molecule has 0 radical (unpaired) electrons. The molecule has 0 fully saturated rings. The van der Waals surface area contributed by atoms with Crippen LogP contribution in [0.25, 0.3) is 33.9 Å². The number of pyridine rings is 1. The van der Waals surface area contributed by atoms with Crippen LogP contribution in [0.15, 0.2) is 79.0 Å². The van der Waals surface area contributed by atoms with Crippen LogP contribution in [0.1, 0.15) is 11.3 Å². The van der Waals surface area contributed by atoms with Gasteiger partial charge in [-0.15, -0.1) is 0 Å². The Hall–Kier alpha value is -3.84. The summed E-state index contributed by atoms with van der Waals surface area (Å²) in [6, 6.07) is 25.5. The van der Waals surface area contributed by atoms with E-state index in [-0.39, 0.29) is 0 Å². The first-order chi connectivity index (χ1) is 13.2. The van der Waals surface area contributed by atoms with Crippen LogP contribution in [-0.2, 0) is 0 Å². The van der Waals surface area contributed by atoms with E-state index < -0.39 is 0 Å². The number of benzene rings is 2. The molecule has 2 heterocycles. The van der Waals surface area contributed by atoms with Crippen LogP contribution in [0.4, 0.5) is 0 Å². The SMILES string of the molecule is Cc1cc(-c2ccc(C#N)cc2)nc(-c2ccc(-c3ccccn3)cc2)n1. The van der Waals surface area contributed by atoms with E-state index in [0.29, 0.717) is 11.4 Å². The Bertz CT molecular complexity index is 1110. The third kappa shape index (κ3) is 3.58. The summed E-state index contributed by atoms with van der Waals surface area (Å²) in [6.07, 6.45) is 1.79. The molecule has 0 saturated carbocycles. The minimum absolute atomic E-state index is 0.634. The van der Waals surface area contributed by atoms with E-state index in [4.69, 9.17) is 10.2 Å². The maximum Gasteiger partial charge on any atom is 0.160 e. The van der Waals surface area contributed by atoms with Crippen molar-refractivity contribution in [3.8, 4) is 40.0 Å². The van der Waals surface area contributed by atoms with Crippen molar-refractivity contribution in [2.24, 2.45) is 0 Å². The van der Waals surface area contributed by atoms with Crippen molar-refractivity contribution in [2.45, 2.75) is 6.92 Å². The number of aryl methyl sites for hydroxylation is 1. The fraction of sp³-hybridized carbons (Fsp3) is 0.0435. The highest BCUT2D eigenvalue weighted by Crippen LogP contribution is 2.25. The van der Waals surface area contributed by atoms with Gasteiger partial charge in [-0.3, -0.25) is 4.98 Å². The van der Waals surface area contributed by atoms with E-state index in [1.165, 1.54) is 0 Å². The first kappa shape index (κ1) is 16.6. The van der Waals surface area contributed by atoms with Gasteiger partial charge in [-0.1, -0.05) is 42.5 Å². The average molecular weight is 348 g/mol. The molecule has 0 amide bonds. The van der Waals surface area contributed by atoms with E-state index >= 15 is 0 Å². The second-order valence-corrected chi connectivity index (χ2v) is 6.20. The summed E-state index contributed by atoms with van der Waals surface area (Å²) in [5, 5.41) is 8.96. The first-order valence-electron chi connectivity index (χ1n) is 8.61. The lowest BCUT2D eigenvalue weighted by Crippen LogP contribution is -1.95. The van der Waals surface area contributed by atoms with Crippen molar-refractivity contribution in [1.29, 1.82) is 5.26 Å². The van der Waals surface area contributed by atoms with Crippen molar-refractivity contribution in [3.05, 3.63) is 90.3 Å². The summed E-state index contributed by atoms with van der Waals surface area (Å²) in [5.41, 5.74) is 6.28. The molecule has 0 aliphatic rings. The van der Waals surface area contributed by atoms with E-state index in [0.717, 1.165) is 33.8 Å². The molecule has 0 atom stereocenters. The summed E-state index contributed by atoms with van der Waals surface area (Å²) in [5.74, 6) is 0.682. The molecule has 4 heteroatoms. The smallest absolute Gasteiger partial charge is 0.160 e. The Morgan fingerprint density at radius 2 is 1.41 bits per heavy atom. The average Bonchev–Trinajstić information content (AvgIpc) is 2.74. The van der Waals surface area contributed by atoms with Crippen LogP contribution in [-0.4, -0.2) is 15.0 Å². The Kier molecular flexibility index (Phi) is 4.42. The standard InChI is InChI=1S/C23H16N4/c1-16-14-22(19-7-5-17(15-24)6-8-19)27-23(26-16)20-11-9-18(10-12-20)21-4-2-3-13-25-21/h2-14H,1H3. The van der Waals surface area contributed by atoms with Gasteiger partial charge >= 0.3 is 0 Å². The second-order valence-electron chi connectivity index (χ2n) is 6.20. The van der Waals surface area contributed by atoms with Gasteiger partial charge in [-0.2, -0.15) is 5.26 Å². The number of aromatic nitrogens is 3. The predicted molar refractivity (Wildman–Crippen MR) is 106 cm³/mol. The Labute approximate surface area is 157 Å². The highest BCUT2D eigenvalue weighted by atomic mass is 14.9. The number of nitrogens with zero attached hydrogens (tertiary/aromatic N) is 4. The first-order valence-corrected chi connectivity index (χ1v) is 8.61. The van der Waals surface area contributed by atoms with Gasteiger partial charge in [0.15, 0.2) is 5.82 Å². The number of rotatable bonds is 3. The maximum absolute atomic E-state index is 8.96. The van der Waals surface area contributed by atoms with Gasteiger partial charge in [0.2, 0.25) is 0 Å². The zero-order valence-corrected chi connectivity index (χ0v) is 14.8. The zero-order chi connectivity index (χ0) is 18.6. The largest absolute Gasteiger partial charge is 0.256 e. The fourth-order valence-electron chi connectivity index (χ4n) is 2.88. The summed E-state index contributed by atoms with van der Waals surface area (Å²) in [6.45, 7) is 1.96. The molecule has 0 aliphatic carbocycles. The predicted octanol–water partition coefficient (Wildman–Crippen LogP) is 5.05. The maximum atomic E-state index is 8.96. The van der Waals surface area contributed by atoms with Gasteiger partial charge in [-0.05, 0) is 37.3 Å². The monoisotopic (exact) mass is 348 g/mol. The Balaban J connectivity index is 1.69. The molecular formula is C23H16N4. The van der Waals surface area contributed by atoms with Gasteiger partial charge < -0.3 is 0 Å². The normalized spacial score (nSPS) is 10.4. The number of hydrogen-bond donors (Lipinski definition) is 0. The minimum atomic E-state index is 0.634. The van der Waals surface area contributed by atoms with Gasteiger partial charge in [0, 0.05) is 28.6 Å². The molecule has 4 aromatic rings. The molecule has 0 N–H and O–H groups in total. The molecule has 4 nitrogen and oxygen atoms in total. The third-order valence-electron chi connectivity index (χ3n) is 4.27. The lowest BCUT2D eigenvalue weighted by Gasteiger charge is -2.08. The van der Waals surface area contributed by atoms with Crippen LogP contribution in [0.3, 0.4) is 0 Å². The highest BCUT2D eigenvalue weighted by Gasteiger charge is 2.08. The highest BCUT2D eigenvalue weighted by molar-refractivity contribution is 5.68.